The molecule has 0 saturated carbocycles. The van der Waals surface area contributed by atoms with E-state index >= 15 is 0 Å². The number of nitrogens with zero attached hydrogens (tertiary/aromatic N) is 2. The number of nitrogens with one attached hydrogen (secondary N) is 1. The predicted molar refractivity (Wildman–Crippen MR) is 82.2 cm³/mol. The number of benzene rings is 1. The van der Waals surface area contributed by atoms with Crippen molar-refractivity contribution in [3.63, 3.8) is 0 Å². The summed E-state index contributed by atoms with van der Waals surface area (Å²) in [5, 5.41) is 0.879. The van der Waals surface area contributed by atoms with Crippen LogP contribution in [0.25, 0.3) is 0 Å². The van der Waals surface area contributed by atoms with Gasteiger partial charge in [0.25, 0.3) is 0 Å². The molecule has 100 valence electrons. The van der Waals surface area contributed by atoms with Crippen molar-refractivity contribution >= 4 is 33.5 Å². The van der Waals surface area contributed by atoms with Crippen molar-refractivity contribution in [1.82, 2.24) is 9.97 Å². The van der Waals surface area contributed by atoms with E-state index in [1.165, 1.54) is 0 Å². The molecule has 0 aliphatic carbocycles. The SMILES string of the molecule is CC(C)c1nc(NN)cc(Sc2cccc(Br)c2)n1. The smallest absolute Gasteiger partial charge is 0.144 e. The normalized spacial score (nSPS) is 10.8. The average molecular weight is 339 g/mol. The molecule has 2 aromatic rings. The molecule has 0 fully saturated rings. The molecule has 1 aromatic carbocycles. The number of nitrogen functional groups attached to an aromatic ring is 1. The van der Waals surface area contributed by atoms with Crippen molar-refractivity contribution in [2.24, 2.45) is 5.84 Å². The van der Waals surface area contributed by atoms with E-state index in [0.717, 1.165) is 20.2 Å². The molecule has 0 atom stereocenters. The fourth-order valence-electron chi connectivity index (χ4n) is 1.48. The van der Waals surface area contributed by atoms with Crippen molar-refractivity contribution < 1.29 is 0 Å². The van der Waals surface area contributed by atoms with Gasteiger partial charge in [0.1, 0.15) is 16.7 Å². The Morgan fingerprint density at radius 1 is 1.26 bits per heavy atom. The Morgan fingerprint density at radius 3 is 2.68 bits per heavy atom. The summed E-state index contributed by atoms with van der Waals surface area (Å²) in [4.78, 5) is 10.0. The van der Waals surface area contributed by atoms with Crippen LogP contribution in [0.4, 0.5) is 5.82 Å². The number of hydrazine groups is 1. The van der Waals surface area contributed by atoms with Gasteiger partial charge in [0.2, 0.25) is 0 Å². The molecule has 6 heteroatoms. The van der Waals surface area contributed by atoms with E-state index in [-0.39, 0.29) is 5.92 Å². The standard InChI is InChI=1S/C13H15BrN4S/c1-8(2)13-16-11(18-15)7-12(17-13)19-10-5-3-4-9(14)6-10/h3-8H,15H2,1-2H3,(H,16,17,18). The molecule has 19 heavy (non-hydrogen) atoms. The summed E-state index contributed by atoms with van der Waals surface area (Å²) < 4.78 is 1.05. The second-order valence-corrected chi connectivity index (χ2v) is 6.32. The first-order chi connectivity index (χ1) is 9.08. The van der Waals surface area contributed by atoms with Crippen molar-refractivity contribution in [3.8, 4) is 0 Å². The lowest BCUT2D eigenvalue weighted by Gasteiger charge is -2.09. The number of hydrogen-bond acceptors (Lipinski definition) is 5. The highest BCUT2D eigenvalue weighted by molar-refractivity contribution is 9.10. The first kappa shape index (κ1) is 14.3. The number of aromatic nitrogens is 2. The lowest BCUT2D eigenvalue weighted by atomic mass is 10.2. The number of nitrogens with two attached hydrogens (primary N) is 1. The number of anilines is 1. The van der Waals surface area contributed by atoms with Crippen LogP contribution in [0.15, 0.2) is 44.7 Å². The zero-order chi connectivity index (χ0) is 13.8. The van der Waals surface area contributed by atoms with Gasteiger partial charge in [-0.1, -0.05) is 47.6 Å². The third-order valence-electron chi connectivity index (χ3n) is 2.40. The Labute approximate surface area is 125 Å². The number of halogens is 1. The maximum Gasteiger partial charge on any atom is 0.144 e. The van der Waals surface area contributed by atoms with Crippen molar-refractivity contribution in [1.29, 1.82) is 0 Å². The summed E-state index contributed by atoms with van der Waals surface area (Å²) in [6, 6.07) is 9.94. The van der Waals surface area contributed by atoms with E-state index in [1.54, 1.807) is 11.8 Å². The number of rotatable bonds is 4. The van der Waals surface area contributed by atoms with E-state index in [4.69, 9.17) is 5.84 Å². The molecule has 0 aliphatic rings. The molecule has 1 aromatic heterocycles. The molecular formula is C13H15BrN4S. The Bertz CT molecular complexity index is 574. The van der Waals surface area contributed by atoms with Crippen molar-refractivity contribution in [2.45, 2.75) is 29.7 Å². The maximum absolute atomic E-state index is 5.45. The topological polar surface area (TPSA) is 63.8 Å². The minimum Gasteiger partial charge on any atom is -0.308 e. The van der Waals surface area contributed by atoms with Crippen molar-refractivity contribution in [3.05, 3.63) is 40.6 Å². The fourth-order valence-corrected chi connectivity index (χ4v) is 2.91. The van der Waals surface area contributed by atoms with Crippen molar-refractivity contribution in [2.75, 3.05) is 5.43 Å². The Morgan fingerprint density at radius 2 is 2.05 bits per heavy atom. The lowest BCUT2D eigenvalue weighted by molar-refractivity contribution is 0.754. The van der Waals surface area contributed by atoms with Gasteiger partial charge >= 0.3 is 0 Å². The van der Waals surface area contributed by atoms with Crippen LogP contribution in [-0.4, -0.2) is 9.97 Å². The Balaban J connectivity index is 2.31. The van der Waals surface area contributed by atoms with Crippen LogP contribution in [0.1, 0.15) is 25.6 Å². The van der Waals surface area contributed by atoms with Crippen LogP contribution < -0.4 is 11.3 Å². The monoisotopic (exact) mass is 338 g/mol. The highest BCUT2D eigenvalue weighted by Gasteiger charge is 2.09. The molecular weight excluding hydrogens is 324 g/mol. The summed E-state index contributed by atoms with van der Waals surface area (Å²) in [5.74, 6) is 7.13. The molecule has 0 aliphatic heterocycles. The summed E-state index contributed by atoms with van der Waals surface area (Å²) in [6.45, 7) is 4.12. The van der Waals surface area contributed by atoms with Gasteiger partial charge in [-0.2, -0.15) is 0 Å². The van der Waals surface area contributed by atoms with Gasteiger partial charge in [-0.05, 0) is 18.2 Å². The van der Waals surface area contributed by atoms with Gasteiger partial charge in [-0.15, -0.1) is 0 Å². The van der Waals surface area contributed by atoms with E-state index < -0.39 is 0 Å². The van der Waals surface area contributed by atoms with Gasteiger partial charge in [-0.3, -0.25) is 0 Å². The maximum atomic E-state index is 5.45. The van der Waals surface area contributed by atoms with Gasteiger partial charge < -0.3 is 5.43 Å². The molecule has 0 saturated heterocycles. The quantitative estimate of drug-likeness (QED) is 0.504. The zero-order valence-corrected chi connectivity index (χ0v) is 13.1. The van der Waals surface area contributed by atoms with E-state index in [1.807, 2.05) is 24.3 Å². The largest absolute Gasteiger partial charge is 0.308 e. The summed E-state index contributed by atoms with van der Waals surface area (Å²) in [6.07, 6.45) is 0. The summed E-state index contributed by atoms with van der Waals surface area (Å²) >= 11 is 5.05. The minimum absolute atomic E-state index is 0.259. The van der Waals surface area contributed by atoms with Crippen LogP contribution in [0.5, 0.6) is 0 Å². The zero-order valence-electron chi connectivity index (χ0n) is 10.7. The van der Waals surface area contributed by atoms with Crippen LogP contribution in [0.2, 0.25) is 0 Å². The van der Waals surface area contributed by atoms with Crippen LogP contribution in [0, 0.1) is 0 Å². The molecule has 1 heterocycles. The molecule has 0 unspecified atom stereocenters. The van der Waals surface area contributed by atoms with Crippen LogP contribution in [0.3, 0.4) is 0 Å². The molecule has 4 nitrogen and oxygen atoms in total. The minimum atomic E-state index is 0.259. The lowest BCUT2D eigenvalue weighted by Crippen LogP contribution is -2.11. The average Bonchev–Trinajstić information content (AvgIpc) is 2.38. The number of hydrogen-bond donors (Lipinski definition) is 2. The van der Waals surface area contributed by atoms with Gasteiger partial charge in [-0.25, -0.2) is 15.8 Å². The van der Waals surface area contributed by atoms with Gasteiger partial charge in [0.15, 0.2) is 0 Å². The first-order valence-electron chi connectivity index (χ1n) is 5.87. The molecule has 0 spiro atoms. The second kappa shape index (κ2) is 6.36. The Hall–Kier alpha value is -1.11. The Kier molecular flexibility index (Phi) is 4.79. The van der Waals surface area contributed by atoms with Crippen LogP contribution >= 0.6 is 27.7 Å². The third kappa shape index (κ3) is 3.92. The molecule has 0 radical (unpaired) electrons. The van der Waals surface area contributed by atoms with E-state index in [2.05, 4.69) is 51.2 Å². The third-order valence-corrected chi connectivity index (χ3v) is 3.80. The predicted octanol–water partition coefficient (Wildman–Crippen LogP) is 3.80. The summed E-state index contributed by atoms with van der Waals surface area (Å²) in [7, 11) is 0. The molecule has 2 rings (SSSR count). The van der Waals surface area contributed by atoms with Gasteiger partial charge in [0.05, 0.1) is 0 Å². The van der Waals surface area contributed by atoms with E-state index in [9.17, 15) is 0 Å². The highest BCUT2D eigenvalue weighted by atomic mass is 79.9. The molecule has 0 bridgehead atoms. The summed E-state index contributed by atoms with van der Waals surface area (Å²) in [5.41, 5.74) is 2.59. The van der Waals surface area contributed by atoms with Crippen LogP contribution in [-0.2, 0) is 0 Å². The first-order valence-corrected chi connectivity index (χ1v) is 7.48. The van der Waals surface area contributed by atoms with Gasteiger partial charge in [0, 0.05) is 21.4 Å². The van der Waals surface area contributed by atoms with E-state index in [0.29, 0.717) is 5.82 Å². The molecule has 0 amide bonds. The molecule has 3 N–H and O–H groups in total. The fraction of sp³-hybridized carbons (Fsp3) is 0.231. The highest BCUT2D eigenvalue weighted by Crippen LogP contribution is 2.30. The second-order valence-electron chi connectivity index (χ2n) is 4.31.